The first-order valence-corrected chi connectivity index (χ1v) is 14.4. The Hall–Kier alpha value is -0.300. The Morgan fingerprint density at radius 1 is 0.844 bits per heavy atom. The van der Waals surface area contributed by atoms with Crippen LogP contribution in [0.3, 0.4) is 0 Å². The molecule has 4 aliphatic carbocycles. The van der Waals surface area contributed by atoms with Crippen molar-refractivity contribution >= 4 is 20.8 Å². The summed E-state index contributed by atoms with van der Waals surface area (Å²) in [6.07, 6.45) is 7.01. The van der Waals surface area contributed by atoms with Gasteiger partial charge in [-0.25, -0.2) is 8.37 Å². The topological polar surface area (TPSA) is 136 Å². The fourth-order valence-electron chi connectivity index (χ4n) is 8.82. The molecule has 1 spiro atoms. The van der Waals surface area contributed by atoms with Gasteiger partial charge in [0, 0.05) is 11.8 Å². The molecule has 0 amide bonds. The predicted molar refractivity (Wildman–Crippen MR) is 112 cm³/mol. The Kier molecular flexibility index (Phi) is 5.05. The van der Waals surface area contributed by atoms with Gasteiger partial charge in [-0.1, -0.05) is 27.2 Å². The standard InChI is InChI=1S/C21H34O9S2/c1-4-13-6-8-16-15-7-5-14-9-12-20(28-31(24,25)30-32(26,27)29-20)21(22,23)19(14,3)17(15)10-11-18(13,16)2/h13-17,22-23H,4-12H2,1-3H3/t13-,14+,15-,16-,17-,18+,19-/m0/s1. The molecule has 0 aromatic heterocycles. The van der Waals surface area contributed by atoms with Crippen LogP contribution in [0.1, 0.15) is 78.6 Å². The van der Waals surface area contributed by atoms with Crippen molar-refractivity contribution in [3.05, 3.63) is 0 Å². The minimum absolute atomic E-state index is 0.109. The lowest BCUT2D eigenvalue weighted by molar-refractivity contribution is -0.422. The smallest absolute Gasteiger partial charge is 0.361 e. The summed E-state index contributed by atoms with van der Waals surface area (Å²) in [6, 6.07) is 0. The molecule has 0 bridgehead atoms. The van der Waals surface area contributed by atoms with Crippen LogP contribution in [0.25, 0.3) is 0 Å². The largest absolute Gasteiger partial charge is 0.419 e. The van der Waals surface area contributed by atoms with Crippen molar-refractivity contribution < 1.29 is 39.0 Å². The summed E-state index contributed by atoms with van der Waals surface area (Å²) in [5.41, 5.74) is -0.973. The summed E-state index contributed by atoms with van der Waals surface area (Å²) in [4.78, 5) is 0. The molecule has 0 aromatic rings. The van der Waals surface area contributed by atoms with Crippen LogP contribution in [0, 0.1) is 40.4 Å². The van der Waals surface area contributed by atoms with E-state index in [1.54, 1.807) is 6.92 Å². The number of hydrogen-bond acceptors (Lipinski definition) is 9. The molecule has 1 aliphatic heterocycles. The molecule has 0 unspecified atom stereocenters. The van der Waals surface area contributed by atoms with Gasteiger partial charge in [0.25, 0.3) is 5.79 Å². The summed E-state index contributed by atoms with van der Waals surface area (Å²) >= 11 is 0. The Morgan fingerprint density at radius 3 is 2.12 bits per heavy atom. The zero-order chi connectivity index (χ0) is 23.4. The summed E-state index contributed by atoms with van der Waals surface area (Å²) in [5, 5.41) is 23.3. The molecule has 184 valence electrons. The normalized spacial score (nSPS) is 50.2. The highest BCUT2D eigenvalue weighted by atomic mass is 32.3. The lowest BCUT2D eigenvalue weighted by Gasteiger charge is -2.66. The van der Waals surface area contributed by atoms with Crippen molar-refractivity contribution in [1.29, 1.82) is 0 Å². The third-order valence-corrected chi connectivity index (χ3v) is 12.6. The van der Waals surface area contributed by atoms with Crippen molar-refractivity contribution in [2.75, 3.05) is 0 Å². The molecular weight excluding hydrogens is 460 g/mol. The van der Waals surface area contributed by atoms with E-state index in [0.717, 1.165) is 38.5 Å². The van der Waals surface area contributed by atoms with Gasteiger partial charge in [-0.3, -0.25) is 0 Å². The summed E-state index contributed by atoms with van der Waals surface area (Å²) in [7, 11) is -10.1. The van der Waals surface area contributed by atoms with Gasteiger partial charge in [-0.15, -0.1) is 3.63 Å². The van der Waals surface area contributed by atoms with Crippen molar-refractivity contribution in [3.63, 3.8) is 0 Å². The first kappa shape index (κ1) is 23.4. The lowest BCUT2D eigenvalue weighted by atomic mass is 9.42. The van der Waals surface area contributed by atoms with Crippen molar-refractivity contribution in [1.82, 2.24) is 0 Å². The molecule has 2 N–H and O–H groups in total. The molecule has 4 saturated carbocycles. The number of fused-ring (bicyclic) bond motifs is 5. The molecule has 1 heterocycles. The summed E-state index contributed by atoms with van der Waals surface area (Å²) < 4.78 is 62.2. The molecule has 5 aliphatic rings. The van der Waals surface area contributed by atoms with Gasteiger partial charge in [-0.2, -0.15) is 16.8 Å². The minimum atomic E-state index is -5.03. The SMILES string of the molecule is CC[C@H]1CC[C@H]2[C@@H]3CC[C@@H]4CCC5(OS(=O)(=O)OS(=O)(=O)O5)C(O)(O)[C@]4(C)[C@H]3CC[C@]12C. The second-order valence-corrected chi connectivity index (χ2v) is 13.7. The van der Waals surface area contributed by atoms with Crippen LogP contribution in [0.15, 0.2) is 0 Å². The van der Waals surface area contributed by atoms with E-state index >= 15 is 0 Å². The van der Waals surface area contributed by atoms with Crippen molar-refractivity contribution in [2.24, 2.45) is 40.4 Å². The first-order valence-electron chi connectivity index (χ1n) is 11.8. The Balaban J connectivity index is 1.57. The van der Waals surface area contributed by atoms with Gasteiger partial charge in [0.05, 0.1) is 0 Å². The second-order valence-electron chi connectivity index (χ2n) is 11.2. The van der Waals surface area contributed by atoms with Crippen molar-refractivity contribution in [2.45, 2.75) is 90.1 Å². The lowest BCUT2D eigenvalue weighted by Crippen LogP contribution is -2.75. The maximum absolute atomic E-state index is 12.1. The molecule has 7 atom stereocenters. The van der Waals surface area contributed by atoms with Gasteiger partial charge < -0.3 is 10.2 Å². The molecule has 0 aromatic carbocycles. The maximum Gasteiger partial charge on any atom is 0.419 e. The number of rotatable bonds is 1. The third-order valence-electron chi connectivity index (χ3n) is 10.3. The van der Waals surface area contributed by atoms with Gasteiger partial charge >= 0.3 is 20.8 Å². The maximum atomic E-state index is 12.1. The molecule has 9 nitrogen and oxygen atoms in total. The van der Waals surface area contributed by atoms with Crippen LogP contribution >= 0.6 is 0 Å². The van der Waals surface area contributed by atoms with E-state index in [-0.39, 0.29) is 29.6 Å². The predicted octanol–water partition coefficient (Wildman–Crippen LogP) is 2.60. The van der Waals surface area contributed by atoms with E-state index in [1.165, 1.54) is 6.42 Å². The molecule has 5 fully saturated rings. The van der Waals surface area contributed by atoms with E-state index in [1.807, 2.05) is 0 Å². The average Bonchev–Trinajstić information content (AvgIpc) is 3.00. The first-order chi connectivity index (χ1) is 14.7. The molecule has 0 radical (unpaired) electrons. The van der Waals surface area contributed by atoms with Crippen LogP contribution in [-0.2, 0) is 32.8 Å². The van der Waals surface area contributed by atoms with Crippen LogP contribution in [0.4, 0.5) is 0 Å². The number of hydrogen-bond donors (Lipinski definition) is 2. The van der Waals surface area contributed by atoms with Crippen molar-refractivity contribution in [3.8, 4) is 0 Å². The molecule has 5 rings (SSSR count). The Morgan fingerprint density at radius 2 is 1.50 bits per heavy atom. The van der Waals surface area contributed by atoms with Crippen LogP contribution in [0.2, 0.25) is 0 Å². The fraction of sp³-hybridized carbons (Fsp3) is 1.00. The third kappa shape index (κ3) is 2.91. The van der Waals surface area contributed by atoms with E-state index in [2.05, 4.69) is 17.5 Å². The zero-order valence-electron chi connectivity index (χ0n) is 18.8. The fourth-order valence-corrected chi connectivity index (χ4v) is 11.0. The van der Waals surface area contributed by atoms with Crippen LogP contribution < -0.4 is 0 Å². The highest BCUT2D eigenvalue weighted by Crippen LogP contribution is 2.70. The molecule has 1 saturated heterocycles. The monoisotopic (exact) mass is 494 g/mol. The minimum Gasteiger partial charge on any atom is -0.361 e. The van der Waals surface area contributed by atoms with Gasteiger partial charge in [0.15, 0.2) is 0 Å². The van der Waals surface area contributed by atoms with Gasteiger partial charge in [-0.05, 0) is 80.0 Å². The van der Waals surface area contributed by atoms with Crippen LogP contribution in [0.5, 0.6) is 0 Å². The van der Waals surface area contributed by atoms with Gasteiger partial charge in [0.1, 0.15) is 0 Å². The molecular formula is C21H34O9S2. The number of aliphatic hydroxyl groups is 2. The zero-order valence-corrected chi connectivity index (χ0v) is 20.5. The highest BCUT2D eigenvalue weighted by molar-refractivity contribution is 7.95. The quantitative estimate of drug-likeness (QED) is 0.527. The van der Waals surface area contributed by atoms with E-state index in [0.29, 0.717) is 18.3 Å². The Bertz CT molecular complexity index is 972. The average molecular weight is 495 g/mol. The second kappa shape index (κ2) is 6.89. The van der Waals surface area contributed by atoms with Gasteiger partial charge in [0.2, 0.25) is 5.79 Å². The summed E-state index contributed by atoms with van der Waals surface area (Å²) in [5.74, 6) is -4.34. The van der Waals surface area contributed by atoms with E-state index in [9.17, 15) is 27.0 Å². The van der Waals surface area contributed by atoms with E-state index < -0.39 is 37.8 Å². The Labute approximate surface area is 190 Å². The molecule has 32 heavy (non-hydrogen) atoms. The van der Waals surface area contributed by atoms with Crippen LogP contribution in [-0.4, -0.2) is 38.6 Å². The highest BCUT2D eigenvalue weighted by Gasteiger charge is 2.76. The molecule has 11 heteroatoms. The summed E-state index contributed by atoms with van der Waals surface area (Å²) in [6.45, 7) is 6.37. The van der Waals surface area contributed by atoms with E-state index in [4.69, 9.17) is 8.37 Å².